The zero-order valence-electron chi connectivity index (χ0n) is 18.4. The maximum atomic E-state index is 13.4. The van der Waals surface area contributed by atoms with Gasteiger partial charge in [0.2, 0.25) is 5.91 Å². The third-order valence-electron chi connectivity index (χ3n) is 5.72. The minimum absolute atomic E-state index is 0.238. The van der Waals surface area contributed by atoms with Gasteiger partial charge >= 0.3 is 0 Å². The zero-order valence-corrected chi connectivity index (χ0v) is 18.4. The number of imide groups is 1. The van der Waals surface area contributed by atoms with Crippen LogP contribution in [0.2, 0.25) is 0 Å². The van der Waals surface area contributed by atoms with Crippen molar-refractivity contribution in [3.63, 3.8) is 0 Å². The molecule has 1 atom stereocenters. The second kappa shape index (κ2) is 9.81. The Morgan fingerprint density at radius 3 is 2.50 bits per heavy atom. The minimum atomic E-state index is -0.548. The topological polar surface area (TPSA) is 53.0 Å². The first-order valence-electron chi connectivity index (χ1n) is 10.7. The molecular weight excluding hydrogens is 374 g/mol. The molecule has 0 N–H and O–H groups in total. The second-order valence-corrected chi connectivity index (χ2v) is 7.77. The Kier molecular flexibility index (Phi) is 7.16. The number of carbonyl (C=O) groups excluding carboxylic acids is 2. The monoisotopic (exact) mass is 405 g/mol. The van der Waals surface area contributed by atoms with Crippen LogP contribution < -0.4 is 4.90 Å². The molecule has 3 rings (SSSR count). The van der Waals surface area contributed by atoms with Gasteiger partial charge in [-0.3, -0.25) is 14.6 Å². The van der Waals surface area contributed by atoms with E-state index >= 15 is 0 Å². The number of benzene rings is 2. The van der Waals surface area contributed by atoms with Crippen LogP contribution in [0, 0.1) is 13.8 Å². The highest BCUT2D eigenvalue weighted by atomic mass is 16.2. The number of rotatable bonds is 8. The van der Waals surface area contributed by atoms with Gasteiger partial charge in [0.1, 0.15) is 0 Å². The van der Waals surface area contributed by atoms with Crippen molar-refractivity contribution in [1.29, 1.82) is 0 Å². The number of fused-ring (bicyclic) bond motifs is 1. The third-order valence-corrected chi connectivity index (χ3v) is 5.72. The number of aryl methyl sites for hydroxylation is 2. The van der Waals surface area contributed by atoms with Crippen molar-refractivity contribution in [2.75, 3.05) is 31.1 Å². The summed E-state index contributed by atoms with van der Waals surface area (Å²) in [6.07, 6.45) is 2.67. The summed E-state index contributed by atoms with van der Waals surface area (Å²) in [4.78, 5) is 34.8. The van der Waals surface area contributed by atoms with Gasteiger partial charge in [-0.1, -0.05) is 49.7 Å². The Morgan fingerprint density at radius 2 is 1.80 bits per heavy atom. The molecule has 0 aromatic heterocycles. The quantitative estimate of drug-likeness (QED) is 0.372. The van der Waals surface area contributed by atoms with Gasteiger partial charge in [0.15, 0.2) is 0 Å². The number of amides is 2. The summed E-state index contributed by atoms with van der Waals surface area (Å²) in [5.41, 5.74) is 3.95. The van der Waals surface area contributed by atoms with Crippen molar-refractivity contribution in [3.8, 4) is 0 Å². The van der Waals surface area contributed by atoms with Crippen LogP contribution in [-0.4, -0.2) is 49.1 Å². The molecule has 2 aromatic rings. The van der Waals surface area contributed by atoms with Crippen molar-refractivity contribution in [2.45, 2.75) is 40.0 Å². The van der Waals surface area contributed by atoms with E-state index in [1.807, 2.05) is 50.2 Å². The predicted octanol–water partition coefficient (Wildman–Crippen LogP) is 4.38. The summed E-state index contributed by atoms with van der Waals surface area (Å²) in [7, 11) is 0. The van der Waals surface area contributed by atoms with Gasteiger partial charge in [-0.05, 0) is 63.2 Å². The molecule has 1 unspecified atom stereocenters. The lowest BCUT2D eigenvalue weighted by molar-refractivity contribution is -0.118. The number of aliphatic imine (C=N–C) groups is 1. The van der Waals surface area contributed by atoms with E-state index in [9.17, 15) is 9.59 Å². The molecule has 0 bridgehead atoms. The van der Waals surface area contributed by atoms with Crippen LogP contribution in [0.4, 0.5) is 5.69 Å². The molecule has 1 aliphatic rings. The lowest BCUT2D eigenvalue weighted by atomic mass is 9.88. The Labute approximate surface area is 179 Å². The lowest BCUT2D eigenvalue weighted by Gasteiger charge is -2.32. The van der Waals surface area contributed by atoms with Gasteiger partial charge in [0.05, 0.1) is 11.6 Å². The fraction of sp³-hybridized carbons (Fsp3) is 0.400. The maximum absolute atomic E-state index is 13.4. The molecule has 158 valence electrons. The van der Waals surface area contributed by atoms with Crippen molar-refractivity contribution in [1.82, 2.24) is 4.90 Å². The van der Waals surface area contributed by atoms with E-state index < -0.39 is 5.92 Å². The van der Waals surface area contributed by atoms with Gasteiger partial charge in [-0.25, -0.2) is 4.90 Å². The smallest absolute Gasteiger partial charge is 0.265 e. The van der Waals surface area contributed by atoms with Crippen LogP contribution in [0.5, 0.6) is 0 Å². The summed E-state index contributed by atoms with van der Waals surface area (Å²) in [6.45, 7) is 12.0. The molecule has 2 aromatic carbocycles. The highest BCUT2D eigenvalue weighted by molar-refractivity contribution is 6.29. The lowest BCUT2D eigenvalue weighted by Crippen LogP contribution is -2.45. The van der Waals surface area contributed by atoms with E-state index in [0.717, 1.165) is 42.7 Å². The van der Waals surface area contributed by atoms with Crippen LogP contribution >= 0.6 is 0 Å². The number of anilines is 1. The number of hydrogen-bond donors (Lipinski definition) is 0. The molecule has 30 heavy (non-hydrogen) atoms. The average Bonchev–Trinajstić information content (AvgIpc) is 2.74. The summed E-state index contributed by atoms with van der Waals surface area (Å²) >= 11 is 0. The number of nitrogens with zero attached hydrogens (tertiary/aromatic N) is 3. The molecule has 0 radical (unpaired) electrons. The number of hydrogen-bond acceptors (Lipinski definition) is 4. The summed E-state index contributed by atoms with van der Waals surface area (Å²) in [5.74, 6) is -1.06. The van der Waals surface area contributed by atoms with Crippen molar-refractivity contribution in [3.05, 3.63) is 64.7 Å². The summed E-state index contributed by atoms with van der Waals surface area (Å²) < 4.78 is 0. The van der Waals surface area contributed by atoms with Gasteiger partial charge < -0.3 is 4.90 Å². The van der Waals surface area contributed by atoms with E-state index in [1.165, 1.54) is 4.90 Å². The molecule has 5 heteroatoms. The van der Waals surface area contributed by atoms with Gasteiger partial charge in [-0.2, -0.15) is 0 Å². The van der Waals surface area contributed by atoms with Crippen molar-refractivity contribution >= 4 is 23.7 Å². The summed E-state index contributed by atoms with van der Waals surface area (Å²) in [6, 6.07) is 13.1. The Hall–Kier alpha value is -2.79. The SMILES string of the molecule is CCN(CC)CCCN=CC1C(=O)N(c2ccc(C)cc2C)C(=O)c2ccccc21. The van der Waals surface area contributed by atoms with Crippen molar-refractivity contribution < 1.29 is 9.59 Å². The molecule has 0 spiro atoms. The highest BCUT2D eigenvalue weighted by Crippen LogP contribution is 2.33. The number of carbonyl (C=O) groups is 2. The standard InChI is InChI=1S/C25H31N3O2/c1-5-27(6-2)15-9-14-26-17-22-20-10-7-8-11-21(20)24(29)28(25(22)30)23-13-12-18(3)16-19(23)4/h7-8,10-13,16-17,22H,5-6,9,14-15H2,1-4H3. The first-order chi connectivity index (χ1) is 14.5. The van der Waals surface area contributed by atoms with Crippen LogP contribution in [0.1, 0.15) is 53.2 Å². The Balaban J connectivity index is 1.87. The second-order valence-electron chi connectivity index (χ2n) is 7.77. The van der Waals surface area contributed by atoms with Crippen LogP contribution in [-0.2, 0) is 4.79 Å². The molecule has 0 saturated heterocycles. The van der Waals surface area contributed by atoms with E-state index in [0.29, 0.717) is 17.8 Å². The minimum Gasteiger partial charge on any atom is -0.304 e. The van der Waals surface area contributed by atoms with Crippen LogP contribution in [0.25, 0.3) is 0 Å². The van der Waals surface area contributed by atoms with E-state index in [2.05, 4.69) is 23.7 Å². The largest absolute Gasteiger partial charge is 0.304 e. The third kappa shape index (κ3) is 4.51. The molecule has 1 heterocycles. The molecule has 2 amide bonds. The Bertz CT molecular complexity index is 947. The van der Waals surface area contributed by atoms with Crippen molar-refractivity contribution in [2.24, 2.45) is 4.99 Å². The zero-order chi connectivity index (χ0) is 21.7. The molecule has 0 saturated carbocycles. The van der Waals surface area contributed by atoms with E-state index in [-0.39, 0.29) is 11.8 Å². The molecule has 0 aliphatic carbocycles. The fourth-order valence-corrected chi connectivity index (χ4v) is 3.99. The fourth-order valence-electron chi connectivity index (χ4n) is 3.99. The molecule has 1 aliphatic heterocycles. The average molecular weight is 406 g/mol. The predicted molar refractivity (Wildman–Crippen MR) is 123 cm³/mol. The maximum Gasteiger partial charge on any atom is 0.265 e. The normalized spacial score (nSPS) is 16.6. The van der Waals surface area contributed by atoms with E-state index in [1.54, 1.807) is 12.3 Å². The summed E-state index contributed by atoms with van der Waals surface area (Å²) in [5, 5.41) is 0. The molecule has 5 nitrogen and oxygen atoms in total. The van der Waals surface area contributed by atoms with Gasteiger partial charge in [0.25, 0.3) is 5.91 Å². The first kappa shape index (κ1) is 21.9. The van der Waals surface area contributed by atoms with Gasteiger partial charge in [-0.15, -0.1) is 0 Å². The van der Waals surface area contributed by atoms with Crippen LogP contribution in [0.15, 0.2) is 47.5 Å². The first-order valence-corrected chi connectivity index (χ1v) is 10.7. The van der Waals surface area contributed by atoms with Crippen LogP contribution in [0.3, 0.4) is 0 Å². The highest BCUT2D eigenvalue weighted by Gasteiger charge is 2.39. The Morgan fingerprint density at radius 1 is 1.07 bits per heavy atom. The molecular formula is C25H31N3O2. The van der Waals surface area contributed by atoms with E-state index in [4.69, 9.17) is 0 Å². The van der Waals surface area contributed by atoms with Gasteiger partial charge in [0, 0.05) is 18.3 Å². The molecule has 0 fully saturated rings.